The molecule has 202 valence electrons. The van der Waals surface area contributed by atoms with Crippen molar-refractivity contribution in [2.45, 2.75) is 40.2 Å². The zero-order valence-corrected chi connectivity index (χ0v) is 23.7. The van der Waals surface area contributed by atoms with Crippen LogP contribution in [0.2, 0.25) is 5.02 Å². The molecule has 4 heterocycles. The number of hydrogen-bond acceptors (Lipinski definition) is 8. The lowest BCUT2D eigenvalue weighted by molar-refractivity contribution is 0.0699. The molecule has 0 fully saturated rings. The summed E-state index contributed by atoms with van der Waals surface area (Å²) < 4.78 is 8.38. The number of pyridine rings is 2. The highest BCUT2D eigenvalue weighted by molar-refractivity contribution is 7.18. The van der Waals surface area contributed by atoms with Crippen LogP contribution in [-0.2, 0) is 6.54 Å². The summed E-state index contributed by atoms with van der Waals surface area (Å²) in [5.74, 6) is -0.0756. The van der Waals surface area contributed by atoms with Crippen molar-refractivity contribution in [2.24, 2.45) is 0 Å². The summed E-state index contributed by atoms with van der Waals surface area (Å²) in [7, 11) is 0. The summed E-state index contributed by atoms with van der Waals surface area (Å²) in [6, 6.07) is 9.23. The van der Waals surface area contributed by atoms with Crippen LogP contribution in [0.4, 0.5) is 0 Å². The molecular formula is C29H24ClN5O4S. The first-order chi connectivity index (χ1) is 19.1. The van der Waals surface area contributed by atoms with Crippen molar-refractivity contribution in [1.82, 2.24) is 19.5 Å². The van der Waals surface area contributed by atoms with Gasteiger partial charge in [0.15, 0.2) is 0 Å². The molecule has 0 aliphatic carbocycles. The minimum atomic E-state index is -1.04. The lowest BCUT2D eigenvalue weighted by atomic mass is 10.0. The van der Waals surface area contributed by atoms with Crippen molar-refractivity contribution in [1.29, 1.82) is 5.26 Å². The van der Waals surface area contributed by atoms with E-state index in [4.69, 9.17) is 16.3 Å². The van der Waals surface area contributed by atoms with Crippen molar-refractivity contribution in [2.75, 3.05) is 6.61 Å². The minimum absolute atomic E-state index is 0.0296. The fourth-order valence-corrected chi connectivity index (χ4v) is 5.91. The summed E-state index contributed by atoms with van der Waals surface area (Å²) in [6.45, 7) is 7.68. The number of hydrogen-bond donors (Lipinski definition) is 1. The highest BCUT2D eigenvalue weighted by atomic mass is 35.5. The van der Waals surface area contributed by atoms with Crippen LogP contribution in [0.3, 0.4) is 0 Å². The van der Waals surface area contributed by atoms with Gasteiger partial charge < -0.3 is 9.84 Å². The van der Waals surface area contributed by atoms with Gasteiger partial charge >= 0.3 is 5.97 Å². The number of carbonyl (C=O) groups is 1. The highest BCUT2D eigenvalue weighted by Gasteiger charge is 2.20. The van der Waals surface area contributed by atoms with Gasteiger partial charge in [-0.2, -0.15) is 5.26 Å². The van der Waals surface area contributed by atoms with Crippen LogP contribution in [0.5, 0.6) is 5.75 Å². The van der Waals surface area contributed by atoms with Crippen molar-refractivity contribution in [3.63, 3.8) is 0 Å². The maximum Gasteiger partial charge on any atom is 0.338 e. The van der Waals surface area contributed by atoms with Gasteiger partial charge in [0, 0.05) is 27.2 Å². The second-order valence-electron chi connectivity index (χ2n) is 9.59. The van der Waals surface area contributed by atoms with Gasteiger partial charge in [-0.05, 0) is 44.0 Å². The van der Waals surface area contributed by atoms with Crippen LogP contribution in [0.1, 0.15) is 52.9 Å². The number of nitriles is 1. The first-order valence-electron chi connectivity index (χ1n) is 12.5. The lowest BCUT2D eigenvalue weighted by Crippen LogP contribution is -2.27. The molecule has 9 nitrogen and oxygen atoms in total. The molecule has 0 aliphatic rings. The van der Waals surface area contributed by atoms with Gasteiger partial charge in [-0.3, -0.25) is 19.3 Å². The van der Waals surface area contributed by atoms with E-state index in [1.54, 1.807) is 43.6 Å². The average Bonchev–Trinajstić information content (AvgIpc) is 3.34. The smallest absolute Gasteiger partial charge is 0.338 e. The van der Waals surface area contributed by atoms with Crippen LogP contribution >= 0.6 is 22.9 Å². The molecule has 40 heavy (non-hydrogen) atoms. The van der Waals surface area contributed by atoms with E-state index in [-0.39, 0.29) is 41.1 Å². The van der Waals surface area contributed by atoms with E-state index in [1.165, 1.54) is 15.9 Å². The standard InChI is InChI=1S/C29H24ClN5O4S/c1-14(2)25-20(11-31)24-22(12-32-25)34-16(4)35(28(24)36)7-8-39-23-6-5-17(30)10-18(23)19-9-15(3)33-26-21(29(37)38)13-40-27(19)26/h5-6,9-10,12-14H,7-8H2,1-4H3,(H,37,38). The Morgan fingerprint density at radius 2 is 2.00 bits per heavy atom. The van der Waals surface area contributed by atoms with Crippen LogP contribution in [-0.4, -0.2) is 37.2 Å². The summed E-state index contributed by atoms with van der Waals surface area (Å²) in [6.07, 6.45) is 1.54. The van der Waals surface area contributed by atoms with Crippen molar-refractivity contribution in [3.05, 3.63) is 79.6 Å². The maximum atomic E-state index is 13.5. The molecule has 4 aromatic heterocycles. The third-order valence-corrected chi connectivity index (χ3v) is 7.80. The van der Waals surface area contributed by atoms with Gasteiger partial charge in [0.05, 0.1) is 50.7 Å². The zero-order chi connectivity index (χ0) is 28.7. The van der Waals surface area contributed by atoms with Crippen LogP contribution in [0, 0.1) is 25.2 Å². The third kappa shape index (κ3) is 4.78. The van der Waals surface area contributed by atoms with Crippen molar-refractivity contribution >= 4 is 50.0 Å². The number of thiophene rings is 1. The van der Waals surface area contributed by atoms with E-state index in [9.17, 15) is 20.0 Å². The van der Waals surface area contributed by atoms with E-state index in [1.807, 2.05) is 19.9 Å². The number of benzene rings is 1. The lowest BCUT2D eigenvalue weighted by Gasteiger charge is -2.16. The van der Waals surface area contributed by atoms with Crippen molar-refractivity contribution in [3.8, 4) is 22.9 Å². The molecule has 0 spiro atoms. The van der Waals surface area contributed by atoms with Crippen LogP contribution < -0.4 is 10.3 Å². The molecule has 11 heteroatoms. The SMILES string of the molecule is Cc1cc(-c2cc(Cl)ccc2OCCn2c(C)nc3cnc(C(C)C)c(C#N)c3c2=O)c2scc(C(=O)O)c2n1. The Labute approximate surface area is 238 Å². The Bertz CT molecular complexity index is 1920. The first-order valence-corrected chi connectivity index (χ1v) is 13.7. The number of aryl methyl sites for hydroxylation is 2. The second-order valence-corrected chi connectivity index (χ2v) is 10.9. The Morgan fingerprint density at radius 1 is 1.23 bits per heavy atom. The number of aromatic nitrogens is 4. The normalized spacial score (nSPS) is 11.3. The molecule has 0 radical (unpaired) electrons. The Kier molecular flexibility index (Phi) is 7.27. The monoisotopic (exact) mass is 573 g/mol. The minimum Gasteiger partial charge on any atom is -0.491 e. The quantitative estimate of drug-likeness (QED) is 0.247. The molecule has 0 atom stereocenters. The molecule has 1 aromatic carbocycles. The number of nitrogens with zero attached hydrogens (tertiary/aromatic N) is 5. The number of aromatic carboxylic acids is 1. The van der Waals surface area contributed by atoms with Gasteiger partial charge in [0.2, 0.25) is 0 Å². The summed E-state index contributed by atoms with van der Waals surface area (Å²) in [5, 5.41) is 21.7. The summed E-state index contributed by atoms with van der Waals surface area (Å²) in [5.41, 5.74) is 3.50. The Balaban J connectivity index is 1.52. The van der Waals surface area contributed by atoms with E-state index >= 15 is 0 Å². The van der Waals surface area contributed by atoms with Crippen LogP contribution in [0.25, 0.3) is 32.2 Å². The fourth-order valence-electron chi connectivity index (χ4n) is 4.72. The molecule has 0 unspecified atom stereocenters. The molecular weight excluding hydrogens is 550 g/mol. The van der Waals surface area contributed by atoms with Gasteiger partial charge in [-0.1, -0.05) is 25.4 Å². The predicted molar refractivity (Wildman–Crippen MR) is 155 cm³/mol. The van der Waals surface area contributed by atoms with E-state index in [0.717, 1.165) is 5.56 Å². The fraction of sp³-hybridized carbons (Fsp3) is 0.241. The summed E-state index contributed by atoms with van der Waals surface area (Å²) >= 11 is 7.65. The first kappa shape index (κ1) is 27.2. The van der Waals surface area contributed by atoms with Gasteiger partial charge in [0.25, 0.3) is 5.56 Å². The predicted octanol–water partition coefficient (Wildman–Crippen LogP) is 6.11. The van der Waals surface area contributed by atoms with Gasteiger partial charge in [0.1, 0.15) is 24.3 Å². The number of carboxylic acids is 1. The number of ether oxygens (including phenoxy) is 1. The zero-order valence-electron chi connectivity index (χ0n) is 22.1. The van der Waals surface area contributed by atoms with E-state index < -0.39 is 5.97 Å². The number of carboxylic acid groups (broad SMARTS) is 1. The van der Waals surface area contributed by atoms with E-state index in [0.29, 0.717) is 49.3 Å². The Morgan fingerprint density at radius 3 is 2.70 bits per heavy atom. The van der Waals surface area contributed by atoms with E-state index in [2.05, 4.69) is 21.0 Å². The molecule has 5 aromatic rings. The molecule has 0 bridgehead atoms. The third-order valence-electron chi connectivity index (χ3n) is 6.56. The summed E-state index contributed by atoms with van der Waals surface area (Å²) in [4.78, 5) is 38.6. The van der Waals surface area contributed by atoms with Gasteiger partial charge in [-0.15, -0.1) is 11.3 Å². The Hall–Kier alpha value is -4.33. The maximum absolute atomic E-state index is 13.5. The molecule has 1 N–H and O–H groups in total. The molecule has 0 aliphatic heterocycles. The van der Waals surface area contributed by atoms with Crippen LogP contribution in [0.15, 0.2) is 40.6 Å². The number of rotatable bonds is 7. The van der Waals surface area contributed by atoms with Gasteiger partial charge in [-0.25, -0.2) is 9.78 Å². The highest BCUT2D eigenvalue weighted by Crippen LogP contribution is 2.40. The number of halogens is 1. The largest absolute Gasteiger partial charge is 0.491 e. The molecule has 0 saturated heterocycles. The average molecular weight is 574 g/mol. The number of fused-ring (bicyclic) bond motifs is 2. The second kappa shape index (κ2) is 10.7. The molecule has 0 saturated carbocycles. The topological polar surface area (TPSA) is 131 Å². The van der Waals surface area contributed by atoms with Crippen molar-refractivity contribution < 1.29 is 14.6 Å². The molecule has 0 amide bonds. The molecule has 5 rings (SSSR count).